The summed E-state index contributed by atoms with van der Waals surface area (Å²) in [7, 11) is 5.26. The lowest BCUT2D eigenvalue weighted by Gasteiger charge is -2.15. The van der Waals surface area contributed by atoms with Crippen molar-refractivity contribution in [2.45, 2.75) is 13.0 Å². The third kappa shape index (κ3) is 2.17. The Morgan fingerprint density at radius 1 is 1.21 bits per heavy atom. The van der Waals surface area contributed by atoms with Crippen molar-refractivity contribution in [3.8, 4) is 11.5 Å². The first kappa shape index (κ1) is 10.9. The molecule has 0 bridgehead atoms. The molecule has 0 saturated carbocycles. The minimum Gasteiger partial charge on any atom is -0.497 e. The van der Waals surface area contributed by atoms with E-state index in [0.717, 1.165) is 17.1 Å². The second-order valence-corrected chi connectivity index (χ2v) is 3.12. The quantitative estimate of drug-likeness (QED) is 0.797. The maximum absolute atomic E-state index is 5.27. The van der Waals surface area contributed by atoms with Crippen LogP contribution in [0.4, 0.5) is 0 Å². The van der Waals surface area contributed by atoms with Gasteiger partial charge in [-0.05, 0) is 32.2 Å². The van der Waals surface area contributed by atoms with Crippen molar-refractivity contribution in [2.75, 3.05) is 21.3 Å². The monoisotopic (exact) mass is 195 g/mol. The predicted octanol–water partition coefficient (Wildman–Crippen LogP) is 1.98. The molecule has 0 aliphatic carbocycles. The maximum Gasteiger partial charge on any atom is 0.123 e. The van der Waals surface area contributed by atoms with Crippen molar-refractivity contribution in [3.05, 3.63) is 23.8 Å². The highest BCUT2D eigenvalue weighted by atomic mass is 16.5. The molecular formula is C11H17NO2. The van der Waals surface area contributed by atoms with Crippen LogP contribution in [0.1, 0.15) is 18.5 Å². The molecule has 0 saturated heterocycles. The average Bonchev–Trinajstić information content (AvgIpc) is 2.27. The highest BCUT2D eigenvalue weighted by Gasteiger charge is 2.10. The van der Waals surface area contributed by atoms with Crippen molar-refractivity contribution in [1.29, 1.82) is 0 Å². The number of hydrogen-bond acceptors (Lipinski definition) is 3. The Bertz CT molecular complexity index is 299. The van der Waals surface area contributed by atoms with Crippen LogP contribution in [0.25, 0.3) is 0 Å². The van der Waals surface area contributed by atoms with E-state index in [4.69, 9.17) is 9.47 Å². The van der Waals surface area contributed by atoms with Gasteiger partial charge in [0.2, 0.25) is 0 Å². The summed E-state index contributed by atoms with van der Waals surface area (Å²) >= 11 is 0. The van der Waals surface area contributed by atoms with Crippen LogP contribution < -0.4 is 14.8 Å². The summed E-state index contributed by atoms with van der Waals surface area (Å²) in [6, 6.07) is 6.05. The zero-order valence-corrected chi connectivity index (χ0v) is 9.13. The van der Waals surface area contributed by atoms with Crippen LogP contribution in [0.5, 0.6) is 11.5 Å². The smallest absolute Gasteiger partial charge is 0.123 e. The Balaban J connectivity index is 3.08. The van der Waals surface area contributed by atoms with E-state index in [1.165, 1.54) is 0 Å². The largest absolute Gasteiger partial charge is 0.497 e. The molecule has 1 atom stereocenters. The van der Waals surface area contributed by atoms with Gasteiger partial charge in [-0.15, -0.1) is 0 Å². The van der Waals surface area contributed by atoms with Gasteiger partial charge in [0.25, 0.3) is 0 Å². The van der Waals surface area contributed by atoms with Gasteiger partial charge >= 0.3 is 0 Å². The van der Waals surface area contributed by atoms with Gasteiger partial charge in [0.15, 0.2) is 0 Å². The van der Waals surface area contributed by atoms with E-state index in [1.54, 1.807) is 14.2 Å². The minimum atomic E-state index is 0.250. The van der Waals surface area contributed by atoms with Crippen molar-refractivity contribution in [3.63, 3.8) is 0 Å². The second kappa shape index (κ2) is 4.86. The standard InChI is InChI=1S/C11H17NO2/c1-8(12-2)10-7-9(13-3)5-6-11(10)14-4/h5-8,12H,1-4H3/t8-/m0/s1. The van der Waals surface area contributed by atoms with Gasteiger partial charge in [0.1, 0.15) is 11.5 Å². The fourth-order valence-corrected chi connectivity index (χ4v) is 1.33. The molecule has 0 fully saturated rings. The minimum absolute atomic E-state index is 0.250. The first-order valence-electron chi connectivity index (χ1n) is 4.62. The van der Waals surface area contributed by atoms with Crippen LogP contribution in [-0.4, -0.2) is 21.3 Å². The van der Waals surface area contributed by atoms with Crippen LogP contribution in [0.15, 0.2) is 18.2 Å². The van der Waals surface area contributed by atoms with Crippen molar-refractivity contribution < 1.29 is 9.47 Å². The van der Waals surface area contributed by atoms with Gasteiger partial charge in [-0.1, -0.05) is 0 Å². The number of hydrogen-bond donors (Lipinski definition) is 1. The SMILES string of the molecule is CN[C@@H](C)c1cc(OC)ccc1OC. The van der Waals surface area contributed by atoms with Crippen molar-refractivity contribution >= 4 is 0 Å². The van der Waals surface area contributed by atoms with Crippen molar-refractivity contribution in [2.24, 2.45) is 0 Å². The third-order valence-corrected chi connectivity index (χ3v) is 2.34. The Hall–Kier alpha value is -1.22. The Kier molecular flexibility index (Phi) is 3.77. The molecule has 0 unspecified atom stereocenters. The highest BCUT2D eigenvalue weighted by molar-refractivity contribution is 5.41. The lowest BCUT2D eigenvalue weighted by Crippen LogP contribution is -2.13. The molecule has 3 nitrogen and oxygen atoms in total. The van der Waals surface area contributed by atoms with Gasteiger partial charge in [-0.25, -0.2) is 0 Å². The Labute approximate surface area is 85.0 Å². The van der Waals surface area contributed by atoms with Crippen LogP contribution in [-0.2, 0) is 0 Å². The third-order valence-electron chi connectivity index (χ3n) is 2.34. The zero-order valence-electron chi connectivity index (χ0n) is 9.13. The molecule has 1 aromatic rings. The van der Waals surface area contributed by atoms with Crippen molar-refractivity contribution in [1.82, 2.24) is 5.32 Å². The van der Waals surface area contributed by atoms with Crippen LogP contribution in [0.3, 0.4) is 0 Å². The summed E-state index contributed by atoms with van der Waals surface area (Å²) in [5, 5.41) is 3.17. The summed E-state index contributed by atoms with van der Waals surface area (Å²) < 4.78 is 10.4. The van der Waals surface area contributed by atoms with E-state index in [1.807, 2.05) is 25.2 Å². The summed E-state index contributed by atoms with van der Waals surface area (Å²) in [6.45, 7) is 2.08. The molecular weight excluding hydrogens is 178 g/mol. The molecule has 78 valence electrons. The van der Waals surface area contributed by atoms with E-state index >= 15 is 0 Å². The number of ether oxygens (including phenoxy) is 2. The normalized spacial score (nSPS) is 12.3. The summed E-state index contributed by atoms with van der Waals surface area (Å²) in [4.78, 5) is 0. The van der Waals surface area contributed by atoms with Crippen LogP contribution in [0, 0.1) is 0 Å². The molecule has 14 heavy (non-hydrogen) atoms. The predicted molar refractivity (Wildman–Crippen MR) is 57.0 cm³/mol. The van der Waals surface area contributed by atoms with Gasteiger partial charge in [0.05, 0.1) is 14.2 Å². The van der Waals surface area contributed by atoms with Gasteiger partial charge in [0, 0.05) is 11.6 Å². The van der Waals surface area contributed by atoms with E-state index in [9.17, 15) is 0 Å². The summed E-state index contributed by atoms with van der Waals surface area (Å²) in [5.74, 6) is 1.73. The molecule has 0 amide bonds. The first-order valence-corrected chi connectivity index (χ1v) is 4.62. The first-order chi connectivity index (χ1) is 6.72. The fourth-order valence-electron chi connectivity index (χ4n) is 1.33. The maximum atomic E-state index is 5.27. The molecule has 0 radical (unpaired) electrons. The number of benzene rings is 1. The highest BCUT2D eigenvalue weighted by Crippen LogP contribution is 2.28. The zero-order chi connectivity index (χ0) is 10.6. The fraction of sp³-hybridized carbons (Fsp3) is 0.455. The number of nitrogens with one attached hydrogen (secondary N) is 1. The van der Waals surface area contributed by atoms with Gasteiger partial charge in [-0.3, -0.25) is 0 Å². The number of methoxy groups -OCH3 is 2. The topological polar surface area (TPSA) is 30.5 Å². The molecule has 1 aromatic carbocycles. The molecule has 0 spiro atoms. The molecule has 0 aliphatic rings. The van der Waals surface area contributed by atoms with E-state index in [0.29, 0.717) is 0 Å². The average molecular weight is 195 g/mol. The van der Waals surface area contributed by atoms with E-state index < -0.39 is 0 Å². The van der Waals surface area contributed by atoms with Crippen LogP contribution >= 0.6 is 0 Å². The molecule has 0 aromatic heterocycles. The second-order valence-electron chi connectivity index (χ2n) is 3.12. The van der Waals surface area contributed by atoms with E-state index in [2.05, 4.69) is 12.2 Å². The van der Waals surface area contributed by atoms with Gasteiger partial charge < -0.3 is 14.8 Å². The number of rotatable bonds is 4. The molecule has 0 heterocycles. The Morgan fingerprint density at radius 3 is 2.43 bits per heavy atom. The lowest BCUT2D eigenvalue weighted by atomic mass is 10.1. The Morgan fingerprint density at radius 2 is 1.93 bits per heavy atom. The molecule has 1 N–H and O–H groups in total. The van der Waals surface area contributed by atoms with Gasteiger partial charge in [-0.2, -0.15) is 0 Å². The summed E-state index contributed by atoms with van der Waals surface area (Å²) in [5.41, 5.74) is 1.11. The summed E-state index contributed by atoms with van der Waals surface area (Å²) in [6.07, 6.45) is 0. The molecule has 0 aliphatic heterocycles. The van der Waals surface area contributed by atoms with Crippen LogP contribution in [0.2, 0.25) is 0 Å². The molecule has 1 rings (SSSR count). The molecule has 3 heteroatoms. The lowest BCUT2D eigenvalue weighted by molar-refractivity contribution is 0.393. The van der Waals surface area contributed by atoms with E-state index in [-0.39, 0.29) is 6.04 Å².